The van der Waals surface area contributed by atoms with Crippen molar-refractivity contribution in [2.24, 2.45) is 0 Å². The molecule has 0 bridgehead atoms. The summed E-state index contributed by atoms with van der Waals surface area (Å²) in [4.78, 5) is 28.3. The van der Waals surface area contributed by atoms with E-state index in [1.165, 1.54) is 12.7 Å². The first-order chi connectivity index (χ1) is 14.5. The predicted molar refractivity (Wildman–Crippen MR) is 121 cm³/mol. The van der Waals surface area contributed by atoms with Crippen molar-refractivity contribution < 1.29 is 9.53 Å². The Kier molecular flexibility index (Phi) is 6.16. The van der Waals surface area contributed by atoms with E-state index in [-0.39, 0.29) is 23.6 Å². The average Bonchev–Trinajstić information content (AvgIpc) is 3.19. The van der Waals surface area contributed by atoms with Crippen LogP contribution in [0.15, 0.2) is 70.5 Å². The molecule has 2 heterocycles. The molecule has 0 fully saturated rings. The molecule has 2 aromatic carbocycles. The number of benzene rings is 2. The van der Waals surface area contributed by atoms with Gasteiger partial charge < -0.3 is 14.2 Å². The highest BCUT2D eigenvalue weighted by molar-refractivity contribution is 7.98. The van der Waals surface area contributed by atoms with Crippen LogP contribution in [0.1, 0.15) is 11.3 Å². The molecular formula is C23H21ClN2O3S. The number of pyridine rings is 1. The molecule has 0 unspecified atom stereocenters. The maximum atomic E-state index is 13.1. The van der Waals surface area contributed by atoms with Crippen LogP contribution in [0, 0.1) is 0 Å². The number of thioether (sulfide) groups is 1. The van der Waals surface area contributed by atoms with Gasteiger partial charge in [0.25, 0.3) is 0 Å². The summed E-state index contributed by atoms with van der Waals surface area (Å²) >= 11 is 7.54. The largest absolute Gasteiger partial charge is 0.491 e. The van der Waals surface area contributed by atoms with E-state index >= 15 is 0 Å². The van der Waals surface area contributed by atoms with Gasteiger partial charge in [0.05, 0.1) is 13.3 Å². The Labute approximate surface area is 184 Å². The van der Waals surface area contributed by atoms with Gasteiger partial charge in [0.1, 0.15) is 6.54 Å². The van der Waals surface area contributed by atoms with E-state index in [4.69, 9.17) is 16.3 Å². The lowest BCUT2D eigenvalue weighted by Gasteiger charge is -2.20. The molecule has 1 amide bonds. The smallest absolute Gasteiger partial charge is 0.246 e. The molecule has 0 saturated carbocycles. The van der Waals surface area contributed by atoms with Gasteiger partial charge in [-0.15, -0.1) is 11.8 Å². The predicted octanol–water partition coefficient (Wildman–Crippen LogP) is 4.39. The van der Waals surface area contributed by atoms with Crippen LogP contribution in [0.3, 0.4) is 0 Å². The zero-order chi connectivity index (χ0) is 21.1. The Morgan fingerprint density at radius 2 is 1.93 bits per heavy atom. The number of rotatable bonds is 6. The van der Waals surface area contributed by atoms with E-state index < -0.39 is 0 Å². The Balaban J connectivity index is 1.57. The lowest BCUT2D eigenvalue weighted by atomic mass is 10.2. The van der Waals surface area contributed by atoms with Gasteiger partial charge in [-0.3, -0.25) is 9.59 Å². The topological polar surface area (TPSA) is 51.5 Å². The molecule has 1 aromatic heterocycles. The molecule has 0 aliphatic carbocycles. The van der Waals surface area contributed by atoms with Crippen molar-refractivity contribution in [3.63, 3.8) is 0 Å². The van der Waals surface area contributed by atoms with E-state index in [0.29, 0.717) is 17.3 Å². The van der Waals surface area contributed by atoms with Crippen LogP contribution in [-0.2, 0) is 23.5 Å². The first-order valence-electron chi connectivity index (χ1n) is 9.59. The summed E-state index contributed by atoms with van der Waals surface area (Å²) in [6, 6.07) is 17.1. The first-order valence-corrected chi connectivity index (χ1v) is 11.0. The number of amides is 1. The minimum absolute atomic E-state index is 0.0107. The van der Waals surface area contributed by atoms with E-state index in [0.717, 1.165) is 22.7 Å². The summed E-state index contributed by atoms with van der Waals surface area (Å²) in [6.07, 6.45) is 2.48. The minimum atomic E-state index is -0.195. The molecule has 30 heavy (non-hydrogen) atoms. The summed E-state index contributed by atoms with van der Waals surface area (Å²) in [6.45, 7) is 0.811. The van der Waals surface area contributed by atoms with E-state index in [1.54, 1.807) is 24.0 Å². The number of hydrogen-bond acceptors (Lipinski definition) is 4. The van der Waals surface area contributed by atoms with Crippen LogP contribution in [0.25, 0.3) is 0 Å². The van der Waals surface area contributed by atoms with Crippen molar-refractivity contribution in [1.82, 2.24) is 4.57 Å². The molecule has 7 heteroatoms. The fraction of sp³-hybridized carbons (Fsp3) is 0.217. The Morgan fingerprint density at radius 1 is 1.17 bits per heavy atom. The third-order valence-electron chi connectivity index (χ3n) is 5.10. The summed E-state index contributed by atoms with van der Waals surface area (Å²) < 4.78 is 7.01. The third-order valence-corrected chi connectivity index (χ3v) is 6.39. The number of carbonyl (C=O) groups is 1. The van der Waals surface area contributed by atoms with Gasteiger partial charge >= 0.3 is 0 Å². The Hall–Kier alpha value is -2.70. The van der Waals surface area contributed by atoms with Gasteiger partial charge in [0.2, 0.25) is 11.3 Å². The number of halogens is 1. The molecule has 154 valence electrons. The van der Waals surface area contributed by atoms with Gasteiger partial charge in [-0.1, -0.05) is 29.8 Å². The van der Waals surface area contributed by atoms with Gasteiger partial charge in [-0.25, -0.2) is 0 Å². The molecular weight excluding hydrogens is 420 g/mol. The molecule has 0 spiro atoms. The lowest BCUT2D eigenvalue weighted by Crippen LogP contribution is -2.33. The van der Waals surface area contributed by atoms with Gasteiger partial charge in [0.15, 0.2) is 5.75 Å². The summed E-state index contributed by atoms with van der Waals surface area (Å²) in [7, 11) is 1.46. The number of carbonyl (C=O) groups excluding carboxylic acids is 1. The van der Waals surface area contributed by atoms with Gasteiger partial charge in [-0.05, 0) is 42.3 Å². The average molecular weight is 441 g/mol. The number of aromatic nitrogens is 1. The molecule has 0 N–H and O–H groups in total. The van der Waals surface area contributed by atoms with Gasteiger partial charge in [-0.2, -0.15) is 0 Å². The maximum absolute atomic E-state index is 13.1. The number of anilines is 1. The Bertz CT molecular complexity index is 1130. The van der Waals surface area contributed by atoms with Crippen LogP contribution < -0.4 is 15.1 Å². The zero-order valence-corrected chi connectivity index (χ0v) is 18.1. The highest BCUT2D eigenvalue weighted by Gasteiger charge is 2.24. The fourth-order valence-corrected chi connectivity index (χ4v) is 4.55. The number of nitrogens with zero attached hydrogens (tertiary/aromatic N) is 2. The second-order valence-corrected chi connectivity index (χ2v) is 8.48. The molecule has 0 radical (unpaired) electrons. The molecule has 5 nitrogen and oxygen atoms in total. The van der Waals surface area contributed by atoms with Crippen LogP contribution in [-0.4, -0.2) is 24.1 Å². The van der Waals surface area contributed by atoms with Crippen molar-refractivity contribution >= 4 is 35.0 Å². The highest BCUT2D eigenvalue weighted by Crippen LogP contribution is 2.28. The van der Waals surface area contributed by atoms with Crippen molar-refractivity contribution in [3.05, 3.63) is 87.3 Å². The lowest BCUT2D eigenvalue weighted by molar-refractivity contribution is -0.119. The standard InChI is InChI=1S/C23H21ClN2O3S/c1-29-22-13-25(14-23(28)26-11-10-16-4-2-3-5-20(16)26)18(12-21(22)27)15-30-19-8-6-17(24)7-9-19/h2-9,12-13H,10-11,14-15H2,1H3. The number of ether oxygens (including phenoxy) is 1. The molecule has 1 aliphatic heterocycles. The molecule has 0 saturated heterocycles. The SMILES string of the molecule is COc1cn(CC(=O)N2CCc3ccccc32)c(CSc2ccc(Cl)cc2)cc1=O. The molecule has 3 aromatic rings. The molecule has 1 aliphatic rings. The summed E-state index contributed by atoms with van der Waals surface area (Å²) in [5, 5.41) is 0.678. The van der Waals surface area contributed by atoms with Gasteiger partial charge in [0, 0.05) is 39.7 Å². The minimum Gasteiger partial charge on any atom is -0.491 e. The van der Waals surface area contributed by atoms with Crippen molar-refractivity contribution in [1.29, 1.82) is 0 Å². The Morgan fingerprint density at radius 3 is 2.70 bits per heavy atom. The zero-order valence-electron chi connectivity index (χ0n) is 16.5. The number of methoxy groups -OCH3 is 1. The fourth-order valence-electron chi connectivity index (χ4n) is 3.53. The number of hydrogen-bond donors (Lipinski definition) is 0. The molecule has 4 rings (SSSR count). The van der Waals surface area contributed by atoms with Crippen molar-refractivity contribution in [2.45, 2.75) is 23.6 Å². The van der Waals surface area contributed by atoms with Crippen LogP contribution in [0.5, 0.6) is 5.75 Å². The normalized spacial score (nSPS) is 12.7. The monoisotopic (exact) mass is 440 g/mol. The molecule has 0 atom stereocenters. The quantitative estimate of drug-likeness (QED) is 0.533. The van der Waals surface area contributed by atoms with Crippen molar-refractivity contribution in [3.8, 4) is 5.75 Å². The third kappa shape index (κ3) is 4.40. The summed E-state index contributed by atoms with van der Waals surface area (Å²) in [5.41, 5.74) is 2.72. The van der Waals surface area contributed by atoms with E-state index in [2.05, 4.69) is 6.07 Å². The maximum Gasteiger partial charge on any atom is 0.246 e. The van der Waals surface area contributed by atoms with Crippen LogP contribution in [0.2, 0.25) is 5.02 Å². The van der Waals surface area contributed by atoms with Crippen LogP contribution in [0.4, 0.5) is 5.69 Å². The second-order valence-electron chi connectivity index (χ2n) is 6.99. The number of fused-ring (bicyclic) bond motifs is 1. The van der Waals surface area contributed by atoms with E-state index in [9.17, 15) is 9.59 Å². The van der Waals surface area contributed by atoms with Crippen LogP contribution >= 0.6 is 23.4 Å². The number of para-hydroxylation sites is 1. The highest BCUT2D eigenvalue weighted by atomic mass is 35.5. The van der Waals surface area contributed by atoms with E-state index in [1.807, 2.05) is 51.9 Å². The second kappa shape index (κ2) is 8.98. The first kappa shape index (κ1) is 20.6. The van der Waals surface area contributed by atoms with Crippen molar-refractivity contribution in [2.75, 3.05) is 18.6 Å². The summed E-state index contributed by atoms with van der Waals surface area (Å²) in [5.74, 6) is 0.762.